The van der Waals surface area contributed by atoms with Crippen LogP contribution in [-0.4, -0.2) is 25.3 Å². The highest BCUT2D eigenvalue weighted by molar-refractivity contribution is 5.97. The molecule has 29 heavy (non-hydrogen) atoms. The zero-order valence-electron chi connectivity index (χ0n) is 16.4. The molecular weight excluding hydrogens is 364 g/mol. The van der Waals surface area contributed by atoms with Gasteiger partial charge in [0.1, 0.15) is 24.7 Å². The Morgan fingerprint density at radius 1 is 0.897 bits per heavy atom. The number of benzene rings is 3. The van der Waals surface area contributed by atoms with Crippen molar-refractivity contribution in [1.29, 1.82) is 0 Å². The standard InChI is InChI=1S/C24H24N2O3/c1-2-19-12-14-20(15-13-19)18-25-26-24(27)22-10-6-7-11-23(22)29-17-16-28-21-8-4-3-5-9-21/h3-15,18H,2,16-17H2,1H3,(H,26,27)/b25-18-. The number of carbonyl (C=O) groups excluding carboxylic acids is 1. The summed E-state index contributed by atoms with van der Waals surface area (Å²) in [6.45, 7) is 2.81. The molecule has 3 aromatic carbocycles. The van der Waals surface area contributed by atoms with E-state index in [1.807, 2.05) is 60.7 Å². The number of nitrogens with one attached hydrogen (secondary N) is 1. The highest BCUT2D eigenvalue weighted by atomic mass is 16.5. The minimum Gasteiger partial charge on any atom is -0.490 e. The van der Waals surface area contributed by atoms with Gasteiger partial charge in [-0.25, -0.2) is 5.43 Å². The third-order valence-corrected chi connectivity index (χ3v) is 4.25. The van der Waals surface area contributed by atoms with E-state index in [2.05, 4.69) is 17.5 Å². The molecule has 0 bridgehead atoms. The lowest BCUT2D eigenvalue weighted by Gasteiger charge is -2.11. The molecule has 0 spiro atoms. The fourth-order valence-corrected chi connectivity index (χ4v) is 2.67. The number of nitrogens with zero attached hydrogens (tertiary/aromatic N) is 1. The van der Waals surface area contributed by atoms with E-state index in [4.69, 9.17) is 9.47 Å². The number of amides is 1. The monoisotopic (exact) mass is 388 g/mol. The molecule has 0 aliphatic heterocycles. The van der Waals surface area contributed by atoms with Gasteiger partial charge in [-0.05, 0) is 41.8 Å². The first kappa shape index (κ1) is 20.1. The molecule has 0 saturated heterocycles. The van der Waals surface area contributed by atoms with Gasteiger partial charge < -0.3 is 9.47 Å². The molecule has 5 nitrogen and oxygen atoms in total. The number of aryl methyl sites for hydroxylation is 1. The van der Waals surface area contributed by atoms with Gasteiger partial charge in [0.05, 0.1) is 11.8 Å². The van der Waals surface area contributed by atoms with Crippen LogP contribution >= 0.6 is 0 Å². The molecule has 0 fully saturated rings. The summed E-state index contributed by atoms with van der Waals surface area (Å²) in [5, 5.41) is 4.05. The van der Waals surface area contributed by atoms with E-state index in [0.29, 0.717) is 24.5 Å². The van der Waals surface area contributed by atoms with Crippen molar-refractivity contribution in [1.82, 2.24) is 5.43 Å². The second kappa shape index (κ2) is 10.7. The molecule has 0 heterocycles. The maximum absolute atomic E-state index is 12.5. The predicted octanol–water partition coefficient (Wildman–Crippen LogP) is 4.47. The second-order valence-electron chi connectivity index (χ2n) is 6.30. The first-order valence-electron chi connectivity index (χ1n) is 9.58. The van der Waals surface area contributed by atoms with E-state index in [1.54, 1.807) is 24.4 Å². The molecule has 0 aliphatic rings. The molecular formula is C24H24N2O3. The quantitative estimate of drug-likeness (QED) is 0.334. The molecule has 0 atom stereocenters. The predicted molar refractivity (Wildman–Crippen MR) is 115 cm³/mol. The molecule has 0 unspecified atom stereocenters. The topological polar surface area (TPSA) is 59.9 Å². The molecule has 3 aromatic rings. The van der Waals surface area contributed by atoms with Crippen molar-refractivity contribution in [2.75, 3.05) is 13.2 Å². The number of hydrogen-bond acceptors (Lipinski definition) is 4. The summed E-state index contributed by atoms with van der Waals surface area (Å²) in [6, 6.07) is 24.6. The van der Waals surface area contributed by atoms with Crippen molar-refractivity contribution < 1.29 is 14.3 Å². The lowest BCUT2D eigenvalue weighted by molar-refractivity contribution is 0.0950. The first-order chi connectivity index (χ1) is 14.3. The van der Waals surface area contributed by atoms with E-state index in [9.17, 15) is 4.79 Å². The van der Waals surface area contributed by atoms with E-state index in [0.717, 1.165) is 17.7 Å². The Kier molecular flexibility index (Phi) is 7.41. The highest BCUT2D eigenvalue weighted by Crippen LogP contribution is 2.18. The van der Waals surface area contributed by atoms with Crippen molar-refractivity contribution >= 4 is 12.1 Å². The van der Waals surface area contributed by atoms with Crippen LogP contribution in [0.15, 0.2) is 84.0 Å². The minimum absolute atomic E-state index is 0.326. The van der Waals surface area contributed by atoms with Crippen molar-refractivity contribution in [3.63, 3.8) is 0 Å². The third-order valence-electron chi connectivity index (χ3n) is 4.25. The fraction of sp³-hybridized carbons (Fsp3) is 0.167. The van der Waals surface area contributed by atoms with Crippen LogP contribution in [0, 0.1) is 0 Å². The van der Waals surface area contributed by atoms with Crippen LogP contribution in [0.25, 0.3) is 0 Å². The Bertz CT molecular complexity index is 938. The number of rotatable bonds is 9. The normalized spacial score (nSPS) is 10.7. The average molecular weight is 388 g/mol. The Morgan fingerprint density at radius 3 is 2.34 bits per heavy atom. The van der Waals surface area contributed by atoms with Crippen molar-refractivity contribution in [3.05, 3.63) is 95.6 Å². The van der Waals surface area contributed by atoms with E-state index in [-0.39, 0.29) is 5.91 Å². The Balaban J connectivity index is 1.52. The first-order valence-corrected chi connectivity index (χ1v) is 9.58. The number of carbonyl (C=O) groups is 1. The lowest BCUT2D eigenvalue weighted by Crippen LogP contribution is -2.19. The summed E-state index contributed by atoms with van der Waals surface area (Å²) >= 11 is 0. The number of hydrazone groups is 1. The third kappa shape index (κ3) is 6.21. The van der Waals surface area contributed by atoms with E-state index < -0.39 is 0 Å². The molecule has 1 N–H and O–H groups in total. The van der Waals surface area contributed by atoms with Gasteiger partial charge in [-0.3, -0.25) is 4.79 Å². The summed E-state index contributed by atoms with van der Waals surface area (Å²) in [4.78, 5) is 12.5. The molecule has 3 rings (SSSR count). The lowest BCUT2D eigenvalue weighted by atomic mass is 10.1. The SMILES string of the molecule is CCc1ccc(/C=N\NC(=O)c2ccccc2OCCOc2ccccc2)cc1. The Labute approximate surface area is 171 Å². The minimum atomic E-state index is -0.328. The summed E-state index contributed by atoms with van der Waals surface area (Å²) < 4.78 is 11.3. The van der Waals surface area contributed by atoms with Crippen molar-refractivity contribution in [2.45, 2.75) is 13.3 Å². The number of para-hydroxylation sites is 2. The second-order valence-corrected chi connectivity index (χ2v) is 6.30. The molecule has 0 aromatic heterocycles. The van der Waals surface area contributed by atoms with Crippen molar-refractivity contribution in [3.8, 4) is 11.5 Å². The van der Waals surface area contributed by atoms with Gasteiger partial charge in [-0.15, -0.1) is 0 Å². The number of ether oxygens (including phenoxy) is 2. The van der Waals surface area contributed by atoms with E-state index in [1.165, 1.54) is 5.56 Å². The molecule has 0 saturated carbocycles. The zero-order chi connectivity index (χ0) is 20.3. The van der Waals surface area contributed by atoms with Crippen molar-refractivity contribution in [2.24, 2.45) is 5.10 Å². The van der Waals surface area contributed by atoms with Crippen LogP contribution < -0.4 is 14.9 Å². The van der Waals surface area contributed by atoms with Crippen LogP contribution in [0.1, 0.15) is 28.4 Å². The van der Waals surface area contributed by atoms with Crippen LogP contribution in [0.2, 0.25) is 0 Å². The molecule has 0 radical (unpaired) electrons. The maximum atomic E-state index is 12.5. The zero-order valence-corrected chi connectivity index (χ0v) is 16.4. The molecule has 1 amide bonds. The molecule has 0 aliphatic carbocycles. The smallest absolute Gasteiger partial charge is 0.275 e. The Hall–Kier alpha value is -3.60. The van der Waals surface area contributed by atoms with Crippen LogP contribution in [0.4, 0.5) is 0 Å². The van der Waals surface area contributed by atoms with Gasteiger partial charge in [0.25, 0.3) is 5.91 Å². The Morgan fingerprint density at radius 2 is 1.59 bits per heavy atom. The molecule has 5 heteroatoms. The van der Waals surface area contributed by atoms with Crippen LogP contribution in [0.5, 0.6) is 11.5 Å². The largest absolute Gasteiger partial charge is 0.490 e. The van der Waals surface area contributed by atoms with Gasteiger partial charge in [0, 0.05) is 0 Å². The van der Waals surface area contributed by atoms with E-state index >= 15 is 0 Å². The van der Waals surface area contributed by atoms with Gasteiger partial charge >= 0.3 is 0 Å². The average Bonchev–Trinajstić information content (AvgIpc) is 2.78. The summed E-state index contributed by atoms with van der Waals surface area (Å²) in [5.41, 5.74) is 5.15. The summed E-state index contributed by atoms with van der Waals surface area (Å²) in [7, 11) is 0. The fourth-order valence-electron chi connectivity index (χ4n) is 2.67. The van der Waals surface area contributed by atoms with Gasteiger partial charge in [0.15, 0.2) is 0 Å². The maximum Gasteiger partial charge on any atom is 0.275 e. The van der Waals surface area contributed by atoms with Crippen LogP contribution in [0.3, 0.4) is 0 Å². The summed E-state index contributed by atoms with van der Waals surface area (Å²) in [5.74, 6) is 0.943. The number of hydrogen-bond donors (Lipinski definition) is 1. The highest BCUT2D eigenvalue weighted by Gasteiger charge is 2.11. The van der Waals surface area contributed by atoms with Crippen LogP contribution in [-0.2, 0) is 6.42 Å². The van der Waals surface area contributed by atoms with Gasteiger partial charge in [0.2, 0.25) is 0 Å². The molecule has 148 valence electrons. The van der Waals surface area contributed by atoms with Gasteiger partial charge in [-0.2, -0.15) is 5.10 Å². The summed E-state index contributed by atoms with van der Waals surface area (Å²) in [6.07, 6.45) is 2.61. The van der Waals surface area contributed by atoms with Gasteiger partial charge in [-0.1, -0.05) is 61.5 Å².